The van der Waals surface area contributed by atoms with E-state index in [4.69, 9.17) is 5.73 Å². The topological polar surface area (TPSA) is 29.3 Å². The van der Waals surface area contributed by atoms with Gasteiger partial charge in [-0.2, -0.15) is 0 Å². The maximum atomic E-state index is 6.06. The van der Waals surface area contributed by atoms with Gasteiger partial charge < -0.3 is 10.6 Å². The van der Waals surface area contributed by atoms with Gasteiger partial charge in [-0.15, -0.1) is 0 Å². The lowest BCUT2D eigenvalue weighted by Gasteiger charge is -2.29. The number of nitrogens with two attached hydrogens (primary N) is 1. The summed E-state index contributed by atoms with van der Waals surface area (Å²) in [4.78, 5) is 2.08. The maximum absolute atomic E-state index is 6.06. The molecule has 0 saturated carbocycles. The first-order chi connectivity index (χ1) is 7.36. The van der Waals surface area contributed by atoms with E-state index in [9.17, 15) is 0 Å². The van der Waals surface area contributed by atoms with Crippen molar-refractivity contribution < 1.29 is 0 Å². The van der Waals surface area contributed by atoms with Gasteiger partial charge in [-0.05, 0) is 11.6 Å². The fraction of sp³-hybridized carbons (Fsp3) is 0.0769. The summed E-state index contributed by atoms with van der Waals surface area (Å²) in [5, 5.41) is 0. The van der Waals surface area contributed by atoms with Crippen molar-refractivity contribution in [2.75, 3.05) is 0 Å². The number of benzene rings is 1. The molecule has 2 heteroatoms. The zero-order valence-corrected chi connectivity index (χ0v) is 8.35. The lowest BCUT2D eigenvalue weighted by atomic mass is 9.97. The first-order valence-electron chi connectivity index (χ1n) is 5.07. The quantitative estimate of drug-likeness (QED) is 0.690. The van der Waals surface area contributed by atoms with Crippen LogP contribution in [-0.4, -0.2) is 4.90 Å². The molecule has 1 aromatic rings. The molecule has 74 valence electrons. The fourth-order valence-corrected chi connectivity index (χ4v) is 2.09. The Kier molecular flexibility index (Phi) is 1.68. The van der Waals surface area contributed by atoms with E-state index < -0.39 is 0 Å². The predicted molar refractivity (Wildman–Crippen MR) is 62.2 cm³/mol. The fourth-order valence-electron chi connectivity index (χ4n) is 2.09. The van der Waals surface area contributed by atoms with Gasteiger partial charge in [0, 0.05) is 30.1 Å². The molecule has 1 aromatic carbocycles. The largest absolute Gasteiger partial charge is 0.400 e. The maximum Gasteiger partial charge on any atom is 0.0720 e. The van der Waals surface area contributed by atoms with Crippen LogP contribution in [0.4, 0.5) is 0 Å². The van der Waals surface area contributed by atoms with Crippen LogP contribution in [0.3, 0.4) is 0 Å². The molecule has 3 rings (SSSR count). The van der Waals surface area contributed by atoms with Crippen LogP contribution in [-0.2, 0) is 0 Å². The van der Waals surface area contributed by atoms with E-state index >= 15 is 0 Å². The highest BCUT2D eigenvalue weighted by molar-refractivity contribution is 5.80. The van der Waals surface area contributed by atoms with Gasteiger partial charge in [0.05, 0.1) is 5.70 Å². The monoisotopic (exact) mass is 196 g/mol. The summed E-state index contributed by atoms with van der Waals surface area (Å²) in [5.41, 5.74) is 10.6. The van der Waals surface area contributed by atoms with Gasteiger partial charge in [0.25, 0.3) is 0 Å². The smallest absolute Gasteiger partial charge is 0.0720 e. The van der Waals surface area contributed by atoms with Crippen molar-refractivity contribution in [1.29, 1.82) is 0 Å². The Morgan fingerprint density at radius 3 is 2.93 bits per heavy atom. The standard InChI is InChI=1S/C13H12N2/c14-12-6-3-8-15-9-7-10-4-1-2-5-11(10)13(12)15/h1-5,7-9H,6,14H2. The number of hydrogen-bond donors (Lipinski definition) is 1. The van der Waals surface area contributed by atoms with Crippen LogP contribution in [0.2, 0.25) is 0 Å². The Hall–Kier alpha value is -1.96. The Balaban J connectivity index is 2.25. The van der Waals surface area contributed by atoms with E-state index in [-0.39, 0.29) is 0 Å². The van der Waals surface area contributed by atoms with E-state index in [1.807, 2.05) is 6.07 Å². The lowest BCUT2D eigenvalue weighted by Crippen LogP contribution is -2.20. The van der Waals surface area contributed by atoms with Crippen molar-refractivity contribution >= 4 is 11.8 Å². The summed E-state index contributed by atoms with van der Waals surface area (Å²) >= 11 is 0. The minimum absolute atomic E-state index is 0.841. The molecule has 2 N–H and O–H groups in total. The van der Waals surface area contributed by atoms with Crippen LogP contribution in [0.1, 0.15) is 17.5 Å². The number of hydrogen-bond acceptors (Lipinski definition) is 2. The van der Waals surface area contributed by atoms with Gasteiger partial charge >= 0.3 is 0 Å². The first-order valence-corrected chi connectivity index (χ1v) is 5.07. The predicted octanol–water partition coefficient (Wildman–Crippen LogP) is 2.52. The summed E-state index contributed by atoms with van der Waals surface area (Å²) in [6.07, 6.45) is 9.16. The van der Waals surface area contributed by atoms with Crippen LogP contribution in [0, 0.1) is 0 Å². The highest BCUT2D eigenvalue weighted by Gasteiger charge is 2.19. The van der Waals surface area contributed by atoms with Crippen LogP contribution < -0.4 is 5.73 Å². The van der Waals surface area contributed by atoms with E-state index in [1.54, 1.807) is 0 Å². The van der Waals surface area contributed by atoms with Gasteiger partial charge in [0.1, 0.15) is 0 Å². The molecule has 0 saturated heterocycles. The molecule has 0 amide bonds. The Morgan fingerprint density at radius 1 is 1.13 bits per heavy atom. The minimum Gasteiger partial charge on any atom is -0.400 e. The molecule has 0 atom stereocenters. The number of fused-ring (bicyclic) bond motifs is 3. The zero-order valence-electron chi connectivity index (χ0n) is 8.35. The molecule has 2 aliphatic heterocycles. The molecule has 0 bridgehead atoms. The summed E-state index contributed by atoms with van der Waals surface area (Å²) < 4.78 is 0. The summed E-state index contributed by atoms with van der Waals surface area (Å²) in [6.45, 7) is 0. The van der Waals surface area contributed by atoms with Crippen molar-refractivity contribution in [3.8, 4) is 0 Å². The van der Waals surface area contributed by atoms with Crippen molar-refractivity contribution in [2.45, 2.75) is 6.42 Å². The van der Waals surface area contributed by atoms with Crippen molar-refractivity contribution in [2.24, 2.45) is 5.73 Å². The minimum atomic E-state index is 0.841. The van der Waals surface area contributed by atoms with Gasteiger partial charge in [0.15, 0.2) is 0 Å². The second kappa shape index (κ2) is 3.02. The third-order valence-corrected chi connectivity index (χ3v) is 2.80. The second-order valence-electron chi connectivity index (χ2n) is 3.77. The summed E-state index contributed by atoms with van der Waals surface area (Å²) in [6, 6.07) is 8.33. The molecule has 0 aromatic heterocycles. The normalized spacial score (nSPS) is 17.7. The highest BCUT2D eigenvalue weighted by atomic mass is 15.1. The molecule has 2 nitrogen and oxygen atoms in total. The Bertz CT molecular complexity index is 495. The molecule has 0 unspecified atom stereocenters. The third kappa shape index (κ3) is 1.18. The van der Waals surface area contributed by atoms with Crippen molar-refractivity contribution in [3.63, 3.8) is 0 Å². The van der Waals surface area contributed by atoms with Gasteiger partial charge in [0.2, 0.25) is 0 Å². The SMILES string of the molecule is NC1=C2c3ccccc3C=CN2C=CC1. The molecule has 0 fully saturated rings. The number of allylic oxidation sites excluding steroid dienone is 1. The van der Waals surface area contributed by atoms with Crippen molar-refractivity contribution in [1.82, 2.24) is 4.90 Å². The van der Waals surface area contributed by atoms with Crippen LogP contribution in [0.25, 0.3) is 11.8 Å². The average molecular weight is 196 g/mol. The average Bonchev–Trinajstić information content (AvgIpc) is 2.29. The zero-order chi connectivity index (χ0) is 10.3. The van der Waals surface area contributed by atoms with E-state index in [0.717, 1.165) is 17.8 Å². The number of nitrogens with zero attached hydrogens (tertiary/aromatic N) is 1. The van der Waals surface area contributed by atoms with Gasteiger partial charge in [-0.3, -0.25) is 0 Å². The van der Waals surface area contributed by atoms with Crippen LogP contribution in [0.5, 0.6) is 0 Å². The Labute approximate surface area is 89.0 Å². The van der Waals surface area contributed by atoms with Crippen LogP contribution >= 0.6 is 0 Å². The van der Waals surface area contributed by atoms with E-state index in [2.05, 4.69) is 47.7 Å². The highest BCUT2D eigenvalue weighted by Crippen LogP contribution is 2.33. The molecular formula is C13H12N2. The van der Waals surface area contributed by atoms with Gasteiger partial charge in [-0.25, -0.2) is 0 Å². The second-order valence-corrected chi connectivity index (χ2v) is 3.77. The molecule has 15 heavy (non-hydrogen) atoms. The number of rotatable bonds is 0. The molecular weight excluding hydrogens is 184 g/mol. The Morgan fingerprint density at radius 2 is 2.00 bits per heavy atom. The van der Waals surface area contributed by atoms with E-state index in [0.29, 0.717) is 0 Å². The molecule has 2 aliphatic rings. The first kappa shape index (κ1) is 8.36. The molecule has 0 spiro atoms. The van der Waals surface area contributed by atoms with E-state index in [1.165, 1.54) is 11.1 Å². The van der Waals surface area contributed by atoms with Gasteiger partial charge in [-0.1, -0.05) is 30.3 Å². The molecule has 0 radical (unpaired) electrons. The third-order valence-electron chi connectivity index (χ3n) is 2.80. The molecule has 0 aliphatic carbocycles. The summed E-state index contributed by atoms with van der Waals surface area (Å²) in [7, 11) is 0. The molecule has 2 heterocycles. The lowest BCUT2D eigenvalue weighted by molar-refractivity contribution is 0.692. The summed E-state index contributed by atoms with van der Waals surface area (Å²) in [5.74, 6) is 0. The van der Waals surface area contributed by atoms with Crippen LogP contribution in [0.15, 0.2) is 48.4 Å². The van der Waals surface area contributed by atoms with Crippen molar-refractivity contribution in [3.05, 3.63) is 59.6 Å².